The molecule has 2 aromatic rings. The fraction of sp³-hybridized carbons (Fsp3) is 0.350. The summed E-state index contributed by atoms with van der Waals surface area (Å²) in [5.41, 5.74) is 0.252. The molecule has 0 saturated carbocycles. The molecule has 0 aliphatic carbocycles. The van der Waals surface area contributed by atoms with E-state index in [1.54, 1.807) is 18.2 Å². The number of aliphatic hydroxyl groups is 1. The molecular formula is C20H27FIN3O2. The van der Waals surface area contributed by atoms with Crippen LogP contribution in [0.2, 0.25) is 0 Å². The number of halogens is 2. The fourth-order valence-corrected chi connectivity index (χ4v) is 2.41. The van der Waals surface area contributed by atoms with Crippen molar-refractivity contribution in [2.24, 2.45) is 4.99 Å². The van der Waals surface area contributed by atoms with Crippen molar-refractivity contribution in [1.82, 2.24) is 10.2 Å². The number of rotatable bonds is 8. The number of para-hydroxylation sites is 1. The second-order valence-corrected chi connectivity index (χ2v) is 5.82. The molecule has 0 heterocycles. The highest BCUT2D eigenvalue weighted by Crippen LogP contribution is 2.16. The van der Waals surface area contributed by atoms with Gasteiger partial charge < -0.3 is 20.1 Å². The predicted octanol–water partition coefficient (Wildman–Crippen LogP) is 3.45. The molecule has 2 aromatic carbocycles. The van der Waals surface area contributed by atoms with Crippen molar-refractivity contribution in [3.63, 3.8) is 0 Å². The first-order valence-corrected chi connectivity index (χ1v) is 8.71. The standard InChI is InChI=1S/C20H26FN3O2.HI/c1-3-22-20(23-15-19(25)17-11-7-8-12-18(17)21)24(2)13-14-26-16-9-5-4-6-10-16;/h4-12,19,25H,3,13-15H2,1-2H3,(H,22,23);1H. The molecule has 27 heavy (non-hydrogen) atoms. The summed E-state index contributed by atoms with van der Waals surface area (Å²) in [5, 5.41) is 13.4. The van der Waals surface area contributed by atoms with E-state index in [9.17, 15) is 9.50 Å². The van der Waals surface area contributed by atoms with Crippen molar-refractivity contribution >= 4 is 29.9 Å². The summed E-state index contributed by atoms with van der Waals surface area (Å²) in [6, 6.07) is 15.8. The molecule has 7 heteroatoms. The van der Waals surface area contributed by atoms with Crippen molar-refractivity contribution in [3.05, 3.63) is 66.0 Å². The fourth-order valence-electron chi connectivity index (χ4n) is 2.41. The number of guanidine groups is 1. The molecule has 148 valence electrons. The van der Waals surface area contributed by atoms with Crippen molar-refractivity contribution in [3.8, 4) is 5.75 Å². The zero-order valence-electron chi connectivity index (χ0n) is 15.6. The van der Waals surface area contributed by atoms with Crippen LogP contribution in [0.3, 0.4) is 0 Å². The number of likely N-dealkylation sites (N-methyl/N-ethyl adjacent to an activating group) is 1. The van der Waals surface area contributed by atoms with E-state index in [-0.39, 0.29) is 36.1 Å². The number of ether oxygens (including phenoxy) is 1. The van der Waals surface area contributed by atoms with Crippen LogP contribution in [-0.2, 0) is 0 Å². The summed E-state index contributed by atoms with van der Waals surface area (Å²) in [4.78, 5) is 6.33. The molecule has 5 nitrogen and oxygen atoms in total. The molecule has 2 N–H and O–H groups in total. The number of benzene rings is 2. The average molecular weight is 487 g/mol. The van der Waals surface area contributed by atoms with E-state index in [2.05, 4.69) is 10.3 Å². The minimum atomic E-state index is -0.987. The predicted molar refractivity (Wildman–Crippen MR) is 117 cm³/mol. The van der Waals surface area contributed by atoms with E-state index in [0.717, 1.165) is 5.75 Å². The number of hydrogen-bond donors (Lipinski definition) is 2. The first-order valence-electron chi connectivity index (χ1n) is 8.71. The number of aliphatic hydroxyl groups excluding tert-OH is 1. The van der Waals surface area contributed by atoms with Crippen LogP contribution in [0.1, 0.15) is 18.6 Å². The van der Waals surface area contributed by atoms with Crippen molar-refractivity contribution in [2.45, 2.75) is 13.0 Å². The first-order chi connectivity index (χ1) is 12.6. The van der Waals surface area contributed by atoms with Crippen LogP contribution in [0.5, 0.6) is 5.75 Å². The van der Waals surface area contributed by atoms with E-state index in [0.29, 0.717) is 25.7 Å². The Morgan fingerprint density at radius 1 is 1.19 bits per heavy atom. The van der Waals surface area contributed by atoms with Gasteiger partial charge in [0.2, 0.25) is 0 Å². The van der Waals surface area contributed by atoms with Gasteiger partial charge in [-0.15, -0.1) is 24.0 Å². The van der Waals surface area contributed by atoms with Gasteiger partial charge in [0.1, 0.15) is 24.3 Å². The normalized spacial score (nSPS) is 12.1. The topological polar surface area (TPSA) is 57.1 Å². The van der Waals surface area contributed by atoms with E-state index < -0.39 is 11.9 Å². The Hall–Kier alpha value is -1.87. The van der Waals surface area contributed by atoms with Gasteiger partial charge in [-0.25, -0.2) is 4.39 Å². The largest absolute Gasteiger partial charge is 0.492 e. The van der Waals surface area contributed by atoms with E-state index in [1.807, 2.05) is 49.2 Å². The van der Waals surface area contributed by atoms with Gasteiger partial charge in [-0.05, 0) is 25.1 Å². The molecule has 0 radical (unpaired) electrons. The highest BCUT2D eigenvalue weighted by molar-refractivity contribution is 14.0. The second kappa shape index (κ2) is 12.5. The monoisotopic (exact) mass is 487 g/mol. The summed E-state index contributed by atoms with van der Waals surface area (Å²) in [6.07, 6.45) is -0.987. The number of aliphatic imine (C=N–C) groups is 1. The van der Waals surface area contributed by atoms with Gasteiger partial charge >= 0.3 is 0 Å². The van der Waals surface area contributed by atoms with Gasteiger partial charge in [0, 0.05) is 19.2 Å². The Morgan fingerprint density at radius 2 is 1.85 bits per heavy atom. The molecule has 2 rings (SSSR count). The zero-order valence-corrected chi connectivity index (χ0v) is 18.0. The lowest BCUT2D eigenvalue weighted by molar-refractivity contribution is 0.181. The van der Waals surface area contributed by atoms with Crippen LogP contribution in [0.15, 0.2) is 59.6 Å². The molecule has 0 bridgehead atoms. The molecule has 0 fully saturated rings. The summed E-state index contributed by atoms with van der Waals surface area (Å²) in [7, 11) is 1.89. The lowest BCUT2D eigenvalue weighted by Crippen LogP contribution is -2.41. The van der Waals surface area contributed by atoms with Crippen LogP contribution < -0.4 is 10.1 Å². The number of nitrogens with zero attached hydrogens (tertiary/aromatic N) is 2. The quantitative estimate of drug-likeness (QED) is 0.340. The van der Waals surface area contributed by atoms with Gasteiger partial charge in [-0.2, -0.15) is 0 Å². The molecule has 0 spiro atoms. The minimum Gasteiger partial charge on any atom is -0.492 e. The molecule has 0 saturated heterocycles. The average Bonchev–Trinajstić information content (AvgIpc) is 2.66. The molecule has 0 amide bonds. The van der Waals surface area contributed by atoms with Crippen LogP contribution in [0, 0.1) is 5.82 Å². The molecule has 0 aliphatic heterocycles. The maximum Gasteiger partial charge on any atom is 0.193 e. The van der Waals surface area contributed by atoms with E-state index >= 15 is 0 Å². The van der Waals surface area contributed by atoms with Crippen LogP contribution in [0.25, 0.3) is 0 Å². The number of nitrogens with one attached hydrogen (secondary N) is 1. The maximum atomic E-state index is 13.7. The SMILES string of the molecule is CCNC(=NCC(O)c1ccccc1F)N(C)CCOc1ccccc1.I. The summed E-state index contributed by atoms with van der Waals surface area (Å²) >= 11 is 0. The van der Waals surface area contributed by atoms with Crippen LogP contribution >= 0.6 is 24.0 Å². The van der Waals surface area contributed by atoms with Crippen molar-refractivity contribution in [2.75, 3.05) is 33.3 Å². The molecule has 1 unspecified atom stereocenters. The van der Waals surface area contributed by atoms with Crippen molar-refractivity contribution in [1.29, 1.82) is 0 Å². The van der Waals surface area contributed by atoms with Crippen LogP contribution in [0.4, 0.5) is 4.39 Å². The van der Waals surface area contributed by atoms with Gasteiger partial charge in [-0.1, -0.05) is 36.4 Å². The van der Waals surface area contributed by atoms with Crippen molar-refractivity contribution < 1.29 is 14.2 Å². The van der Waals surface area contributed by atoms with E-state index in [4.69, 9.17) is 4.74 Å². The third-order valence-corrected chi connectivity index (χ3v) is 3.81. The molecule has 1 atom stereocenters. The van der Waals surface area contributed by atoms with Crippen LogP contribution in [-0.4, -0.2) is 49.3 Å². The molecular weight excluding hydrogens is 460 g/mol. The summed E-state index contributed by atoms with van der Waals surface area (Å²) in [6.45, 7) is 3.86. The molecule has 0 aromatic heterocycles. The Bertz CT molecular complexity index is 701. The highest BCUT2D eigenvalue weighted by Gasteiger charge is 2.13. The lowest BCUT2D eigenvalue weighted by atomic mass is 10.1. The van der Waals surface area contributed by atoms with Gasteiger partial charge in [-0.3, -0.25) is 4.99 Å². The Labute approximate surface area is 177 Å². The maximum absolute atomic E-state index is 13.7. The Morgan fingerprint density at radius 3 is 2.52 bits per heavy atom. The number of hydrogen-bond acceptors (Lipinski definition) is 3. The smallest absolute Gasteiger partial charge is 0.193 e. The Kier molecular flexibility index (Phi) is 10.7. The third kappa shape index (κ3) is 7.72. The summed E-state index contributed by atoms with van der Waals surface area (Å²) in [5.74, 6) is 1.03. The highest BCUT2D eigenvalue weighted by atomic mass is 127. The van der Waals surface area contributed by atoms with Gasteiger partial charge in [0.25, 0.3) is 0 Å². The summed E-state index contributed by atoms with van der Waals surface area (Å²) < 4.78 is 19.4. The zero-order chi connectivity index (χ0) is 18.8. The van der Waals surface area contributed by atoms with Gasteiger partial charge in [0.15, 0.2) is 5.96 Å². The molecule has 0 aliphatic rings. The lowest BCUT2D eigenvalue weighted by Gasteiger charge is -2.22. The Balaban J connectivity index is 0.00000364. The van der Waals surface area contributed by atoms with Gasteiger partial charge in [0.05, 0.1) is 13.1 Å². The third-order valence-electron chi connectivity index (χ3n) is 3.81. The second-order valence-electron chi connectivity index (χ2n) is 5.82. The van der Waals surface area contributed by atoms with E-state index in [1.165, 1.54) is 6.07 Å². The first kappa shape index (κ1) is 23.2. The minimum absolute atomic E-state index is 0.